The molecule has 1 aromatic carbocycles. The molecule has 0 spiro atoms. The fourth-order valence-electron chi connectivity index (χ4n) is 3.58. The van der Waals surface area contributed by atoms with Gasteiger partial charge >= 0.3 is 19.4 Å². The Kier molecular flexibility index (Phi) is 9.74. The minimum atomic E-state index is -4.22. The Morgan fingerprint density at radius 2 is 2.03 bits per heavy atom. The van der Waals surface area contributed by atoms with Crippen molar-refractivity contribution < 1.29 is 33.0 Å². The van der Waals surface area contributed by atoms with E-state index in [0.29, 0.717) is 6.42 Å². The van der Waals surface area contributed by atoms with Gasteiger partial charge in [-0.2, -0.15) is 5.09 Å². The minimum absolute atomic E-state index is 0.206. The SMILES string of the molecule is CCCCOC(=O)[C@@H](C)N[P@@](=O)(OC[C@H]1OC(n2ccc(=O)[nH]c2=O)[C@](C)(Cl)[C@@H]1O)Oc1ccccc1. The zero-order chi connectivity index (χ0) is 27.2. The molecule has 12 nitrogen and oxygen atoms in total. The average Bonchev–Trinajstić information content (AvgIpc) is 3.07. The van der Waals surface area contributed by atoms with Crippen molar-refractivity contribution in [2.75, 3.05) is 13.2 Å². The molecule has 3 rings (SSSR count). The van der Waals surface area contributed by atoms with Crippen molar-refractivity contribution in [3.8, 4) is 5.75 Å². The topological polar surface area (TPSA) is 158 Å². The van der Waals surface area contributed by atoms with Gasteiger partial charge in [0.1, 0.15) is 28.9 Å². The second-order valence-electron chi connectivity index (χ2n) is 8.71. The maximum atomic E-state index is 13.7. The molecule has 0 amide bonds. The zero-order valence-electron chi connectivity index (χ0n) is 20.7. The third-order valence-electron chi connectivity index (χ3n) is 5.65. The number of unbranched alkanes of at least 4 members (excludes halogenated alkanes) is 1. The van der Waals surface area contributed by atoms with Crippen LogP contribution in [-0.2, 0) is 23.4 Å². The number of aromatic nitrogens is 2. The van der Waals surface area contributed by atoms with Crippen LogP contribution in [-0.4, -0.2) is 57.0 Å². The van der Waals surface area contributed by atoms with E-state index < -0.39 is 60.9 Å². The Hall–Kier alpha value is -2.47. The molecule has 1 aromatic heterocycles. The molecular weight excluding hydrogens is 529 g/mol. The molecule has 6 atom stereocenters. The number of carbonyl (C=O) groups is 1. The molecule has 37 heavy (non-hydrogen) atoms. The average molecular weight is 560 g/mol. The lowest BCUT2D eigenvalue weighted by Gasteiger charge is -2.26. The van der Waals surface area contributed by atoms with Crippen molar-refractivity contribution in [3.63, 3.8) is 0 Å². The molecule has 0 bridgehead atoms. The normalized spacial score (nSPS) is 25.8. The number of alkyl halides is 1. The summed E-state index contributed by atoms with van der Waals surface area (Å²) in [4.78, 5) is 36.6. The summed E-state index contributed by atoms with van der Waals surface area (Å²) in [5.74, 6) is -0.436. The number of halogens is 1. The first kappa shape index (κ1) is 29.1. The highest BCUT2D eigenvalue weighted by Crippen LogP contribution is 2.48. The lowest BCUT2D eigenvalue weighted by atomic mass is 10.0. The number of rotatable bonds is 12. The Morgan fingerprint density at radius 1 is 1.32 bits per heavy atom. The summed E-state index contributed by atoms with van der Waals surface area (Å²) < 4.78 is 36.8. The summed E-state index contributed by atoms with van der Waals surface area (Å²) in [5.41, 5.74) is -1.39. The van der Waals surface area contributed by atoms with Crippen LogP contribution in [0.4, 0.5) is 0 Å². The largest absolute Gasteiger partial charge is 0.465 e. The first-order valence-corrected chi connectivity index (χ1v) is 13.7. The molecule has 1 unspecified atom stereocenters. The summed E-state index contributed by atoms with van der Waals surface area (Å²) in [6, 6.07) is 8.24. The first-order chi connectivity index (χ1) is 17.5. The number of para-hydroxylation sites is 1. The Labute approximate surface area is 218 Å². The standard InChI is InChI=1S/C23H31ClN3O9P/c1-4-5-13-33-20(30)15(2)26-37(32,36-16-9-7-6-8-10-16)34-14-17-19(29)23(3,24)21(35-17)27-12-11-18(28)25-22(27)31/h6-12,15,17,19,21,29H,4-5,13-14H2,1-3H3,(H,26,32)(H,25,28,31)/t15-,17-,19-,21?,23-,37-/m1/s1. The van der Waals surface area contributed by atoms with Gasteiger partial charge in [-0.1, -0.05) is 31.5 Å². The van der Waals surface area contributed by atoms with Crippen LogP contribution in [0, 0.1) is 0 Å². The summed E-state index contributed by atoms with van der Waals surface area (Å²) in [6.07, 6.45) is -0.993. The monoisotopic (exact) mass is 559 g/mol. The van der Waals surface area contributed by atoms with E-state index in [9.17, 15) is 24.1 Å². The van der Waals surface area contributed by atoms with E-state index in [4.69, 9.17) is 30.1 Å². The number of benzene rings is 1. The van der Waals surface area contributed by atoms with Crippen LogP contribution in [0.2, 0.25) is 0 Å². The zero-order valence-corrected chi connectivity index (χ0v) is 22.3. The summed E-state index contributed by atoms with van der Waals surface area (Å²) >= 11 is 6.53. The number of ether oxygens (including phenoxy) is 2. The molecule has 2 heterocycles. The second-order valence-corrected chi connectivity index (χ2v) is 11.2. The third-order valence-corrected chi connectivity index (χ3v) is 7.70. The van der Waals surface area contributed by atoms with Gasteiger partial charge < -0.3 is 19.1 Å². The van der Waals surface area contributed by atoms with Gasteiger partial charge in [-0.15, -0.1) is 11.6 Å². The van der Waals surface area contributed by atoms with Crippen molar-refractivity contribution in [3.05, 3.63) is 63.4 Å². The summed E-state index contributed by atoms with van der Waals surface area (Å²) in [5, 5.41) is 13.4. The van der Waals surface area contributed by atoms with Crippen LogP contribution in [0.25, 0.3) is 0 Å². The van der Waals surface area contributed by atoms with E-state index in [1.807, 2.05) is 6.92 Å². The van der Waals surface area contributed by atoms with E-state index in [2.05, 4.69) is 10.1 Å². The molecule has 0 aliphatic carbocycles. The van der Waals surface area contributed by atoms with E-state index in [-0.39, 0.29) is 12.4 Å². The molecule has 1 aliphatic rings. The van der Waals surface area contributed by atoms with Gasteiger partial charge in [0.05, 0.1) is 13.2 Å². The Bertz CT molecular complexity index is 1220. The van der Waals surface area contributed by atoms with Crippen molar-refractivity contribution in [1.29, 1.82) is 0 Å². The van der Waals surface area contributed by atoms with E-state index in [0.717, 1.165) is 17.1 Å². The van der Waals surface area contributed by atoms with Crippen molar-refractivity contribution in [1.82, 2.24) is 14.6 Å². The molecule has 0 saturated carbocycles. The number of esters is 1. The van der Waals surface area contributed by atoms with Crippen LogP contribution in [0.5, 0.6) is 5.75 Å². The Balaban J connectivity index is 1.77. The van der Waals surface area contributed by atoms with Gasteiger partial charge in [0.15, 0.2) is 6.23 Å². The van der Waals surface area contributed by atoms with E-state index in [1.54, 1.807) is 30.3 Å². The van der Waals surface area contributed by atoms with Crippen LogP contribution < -0.4 is 20.9 Å². The molecular formula is C23H31ClN3O9P. The number of carbonyl (C=O) groups excluding carboxylic acids is 1. The number of hydrogen-bond acceptors (Lipinski definition) is 9. The van der Waals surface area contributed by atoms with Crippen LogP contribution in [0.3, 0.4) is 0 Å². The van der Waals surface area contributed by atoms with E-state index in [1.165, 1.54) is 20.0 Å². The van der Waals surface area contributed by atoms with Crippen molar-refractivity contribution >= 4 is 25.3 Å². The fraction of sp³-hybridized carbons (Fsp3) is 0.522. The van der Waals surface area contributed by atoms with Crippen LogP contribution >= 0.6 is 19.3 Å². The van der Waals surface area contributed by atoms with Crippen LogP contribution in [0.1, 0.15) is 39.8 Å². The lowest BCUT2D eigenvalue weighted by Crippen LogP contribution is -2.43. The molecule has 1 fully saturated rings. The highest BCUT2D eigenvalue weighted by atomic mass is 35.5. The van der Waals surface area contributed by atoms with E-state index >= 15 is 0 Å². The van der Waals surface area contributed by atoms with Gasteiger partial charge in [-0.05, 0) is 32.4 Å². The minimum Gasteiger partial charge on any atom is -0.465 e. The maximum Gasteiger partial charge on any atom is 0.459 e. The number of aliphatic hydroxyl groups is 1. The van der Waals surface area contributed by atoms with Crippen LogP contribution in [0.15, 0.2) is 52.2 Å². The summed E-state index contributed by atoms with van der Waals surface area (Å²) in [6.45, 7) is 4.59. The predicted molar refractivity (Wildman–Crippen MR) is 135 cm³/mol. The lowest BCUT2D eigenvalue weighted by molar-refractivity contribution is -0.145. The van der Waals surface area contributed by atoms with Gasteiger partial charge in [0.25, 0.3) is 5.56 Å². The molecule has 1 aliphatic heterocycles. The van der Waals surface area contributed by atoms with Gasteiger partial charge in [-0.25, -0.2) is 9.36 Å². The first-order valence-electron chi connectivity index (χ1n) is 11.7. The molecule has 1 saturated heterocycles. The molecule has 14 heteroatoms. The highest BCUT2D eigenvalue weighted by molar-refractivity contribution is 7.52. The van der Waals surface area contributed by atoms with Gasteiger partial charge in [-0.3, -0.25) is 23.7 Å². The number of aliphatic hydroxyl groups excluding tert-OH is 1. The van der Waals surface area contributed by atoms with Crippen molar-refractivity contribution in [2.45, 2.75) is 63.0 Å². The number of aromatic amines is 1. The molecule has 0 radical (unpaired) electrons. The fourth-order valence-corrected chi connectivity index (χ4v) is 5.38. The van der Waals surface area contributed by atoms with Gasteiger partial charge in [0.2, 0.25) is 0 Å². The second kappa shape index (κ2) is 12.4. The summed E-state index contributed by atoms with van der Waals surface area (Å²) in [7, 11) is -4.22. The third kappa shape index (κ3) is 7.31. The maximum absolute atomic E-state index is 13.7. The Morgan fingerprint density at radius 3 is 2.68 bits per heavy atom. The number of nitrogens with one attached hydrogen (secondary N) is 2. The predicted octanol–water partition coefficient (Wildman–Crippen LogP) is 2.32. The number of H-pyrrole nitrogens is 1. The molecule has 204 valence electrons. The highest BCUT2D eigenvalue weighted by Gasteiger charge is 2.54. The smallest absolute Gasteiger partial charge is 0.459 e. The van der Waals surface area contributed by atoms with Crippen molar-refractivity contribution in [2.24, 2.45) is 0 Å². The quantitative estimate of drug-likeness (QED) is 0.152. The van der Waals surface area contributed by atoms with Gasteiger partial charge in [0, 0.05) is 12.3 Å². The number of nitrogens with zero attached hydrogens (tertiary/aromatic N) is 1. The molecule has 2 aromatic rings. The number of hydrogen-bond donors (Lipinski definition) is 3. The molecule has 3 N–H and O–H groups in total.